The maximum atomic E-state index is 13.4. The second kappa shape index (κ2) is 10.8. The van der Waals surface area contributed by atoms with Gasteiger partial charge in [-0.2, -0.15) is 5.10 Å². The summed E-state index contributed by atoms with van der Waals surface area (Å²) in [5, 5.41) is 5.03. The molecule has 0 radical (unpaired) electrons. The molecular weight excluding hydrogens is 440 g/mol. The molecule has 3 heterocycles. The fourth-order valence-corrected chi connectivity index (χ4v) is 3.29. The summed E-state index contributed by atoms with van der Waals surface area (Å²) in [7, 11) is 1.73. The van der Waals surface area contributed by atoms with Gasteiger partial charge >= 0.3 is 0 Å². The first-order chi connectivity index (χ1) is 16.3. The van der Waals surface area contributed by atoms with Crippen LogP contribution in [0.25, 0.3) is 10.9 Å². The zero-order valence-corrected chi connectivity index (χ0v) is 19.5. The lowest BCUT2D eigenvalue weighted by atomic mass is 10.1. The Morgan fingerprint density at radius 3 is 2.50 bits per heavy atom. The van der Waals surface area contributed by atoms with Crippen molar-refractivity contribution in [1.82, 2.24) is 29.6 Å². The van der Waals surface area contributed by atoms with Crippen molar-refractivity contribution in [3.8, 4) is 0 Å². The summed E-state index contributed by atoms with van der Waals surface area (Å²) in [5.74, 6) is 0.627. The number of carbonyl (C=O) groups is 1. The Balaban J connectivity index is 0.00000158. The molecule has 0 aliphatic heterocycles. The quantitative estimate of drug-likeness (QED) is 0.449. The summed E-state index contributed by atoms with van der Waals surface area (Å²) in [6.07, 6.45) is 0.0646. The molecule has 0 saturated carbocycles. The number of aromatic nitrogens is 5. The van der Waals surface area contributed by atoms with Gasteiger partial charge in [0.25, 0.3) is 12.3 Å². The lowest BCUT2D eigenvalue weighted by Gasteiger charge is -2.21. The van der Waals surface area contributed by atoms with E-state index in [4.69, 9.17) is 5.73 Å². The number of nitrogen functional groups attached to an aromatic ring is 1. The van der Waals surface area contributed by atoms with Crippen molar-refractivity contribution in [2.24, 2.45) is 7.05 Å². The van der Waals surface area contributed by atoms with E-state index in [1.54, 1.807) is 36.3 Å². The molecule has 1 amide bonds. The zero-order valence-electron chi connectivity index (χ0n) is 19.5. The van der Waals surface area contributed by atoms with Gasteiger partial charge in [0.05, 0.1) is 24.3 Å². The molecule has 0 saturated heterocycles. The van der Waals surface area contributed by atoms with Crippen LogP contribution in [-0.2, 0) is 20.1 Å². The van der Waals surface area contributed by atoms with E-state index in [9.17, 15) is 13.6 Å². The van der Waals surface area contributed by atoms with E-state index in [0.29, 0.717) is 28.4 Å². The fourth-order valence-electron chi connectivity index (χ4n) is 3.29. The monoisotopic (exact) mass is 467 g/mol. The standard InChI is InChI=1S/C22H21F2N7O.C2H6/c1-13-7-16-8-14(4-6-18(16)28-21(13)25)22(32)31(11-19-27-12-30(2)29-19)10-17-5-3-15(9-26-17)20(23)24;1-2/h3-9,12,20H,10-11H2,1-2H3,(H2,25,28);1-2H3. The number of alkyl halides is 2. The number of hydrogen-bond donors (Lipinski definition) is 1. The van der Waals surface area contributed by atoms with Gasteiger partial charge in [-0.3, -0.25) is 14.5 Å². The number of hydrogen-bond acceptors (Lipinski definition) is 6. The second-order valence-electron chi connectivity index (χ2n) is 7.48. The third-order valence-corrected chi connectivity index (χ3v) is 5.01. The van der Waals surface area contributed by atoms with E-state index in [1.807, 2.05) is 26.8 Å². The number of halogens is 2. The summed E-state index contributed by atoms with van der Waals surface area (Å²) in [6, 6.07) is 9.85. The number of nitrogens with two attached hydrogens (primary N) is 1. The molecule has 2 N–H and O–H groups in total. The van der Waals surface area contributed by atoms with Crippen molar-refractivity contribution in [2.45, 2.75) is 40.3 Å². The Morgan fingerprint density at radius 1 is 1.12 bits per heavy atom. The predicted molar refractivity (Wildman–Crippen MR) is 126 cm³/mol. The minimum absolute atomic E-state index is 0.109. The van der Waals surface area contributed by atoms with Gasteiger partial charge in [-0.15, -0.1) is 0 Å². The van der Waals surface area contributed by atoms with Crippen molar-refractivity contribution < 1.29 is 13.6 Å². The highest BCUT2D eigenvalue weighted by atomic mass is 19.3. The molecule has 178 valence electrons. The molecule has 1 aromatic carbocycles. The van der Waals surface area contributed by atoms with Crippen LogP contribution in [0.5, 0.6) is 0 Å². The first-order valence-electron chi connectivity index (χ1n) is 10.8. The topological polar surface area (TPSA) is 103 Å². The van der Waals surface area contributed by atoms with E-state index in [-0.39, 0.29) is 24.6 Å². The largest absolute Gasteiger partial charge is 0.383 e. The first-order valence-corrected chi connectivity index (χ1v) is 10.8. The molecule has 8 nitrogen and oxygen atoms in total. The van der Waals surface area contributed by atoms with Crippen LogP contribution in [0.3, 0.4) is 0 Å². The Bertz CT molecular complexity index is 1270. The fraction of sp³-hybridized carbons (Fsp3) is 0.292. The molecule has 34 heavy (non-hydrogen) atoms. The van der Waals surface area contributed by atoms with Gasteiger partial charge in [0, 0.05) is 29.8 Å². The SMILES string of the molecule is CC.Cc1cc2cc(C(=O)N(Cc3ccc(C(F)F)cn3)Cc3ncn(C)n3)ccc2nc1N. The van der Waals surface area contributed by atoms with Crippen molar-refractivity contribution in [3.63, 3.8) is 0 Å². The van der Waals surface area contributed by atoms with Crippen molar-refractivity contribution >= 4 is 22.6 Å². The molecule has 0 unspecified atom stereocenters. The molecule has 0 aliphatic carbocycles. The molecule has 4 rings (SSSR count). The van der Waals surface area contributed by atoms with E-state index < -0.39 is 6.43 Å². The molecular formula is C24H27F2N7O. The second-order valence-corrected chi connectivity index (χ2v) is 7.48. The zero-order chi connectivity index (χ0) is 24.8. The highest BCUT2D eigenvalue weighted by Gasteiger charge is 2.20. The van der Waals surface area contributed by atoms with Gasteiger partial charge in [0.2, 0.25) is 0 Å². The molecule has 10 heteroatoms. The van der Waals surface area contributed by atoms with E-state index in [2.05, 4.69) is 20.1 Å². The molecule has 0 aliphatic rings. The average Bonchev–Trinajstić information content (AvgIpc) is 3.25. The lowest BCUT2D eigenvalue weighted by molar-refractivity contribution is 0.0723. The van der Waals surface area contributed by atoms with Crippen LogP contribution in [0, 0.1) is 6.92 Å². The first kappa shape index (κ1) is 24.7. The Hall–Kier alpha value is -3.95. The third kappa shape index (κ3) is 5.69. The van der Waals surface area contributed by atoms with Crippen LogP contribution in [0.15, 0.2) is 48.9 Å². The van der Waals surface area contributed by atoms with Crippen LogP contribution >= 0.6 is 0 Å². The molecule has 0 fully saturated rings. The van der Waals surface area contributed by atoms with Gasteiger partial charge in [0.15, 0.2) is 5.82 Å². The normalized spacial score (nSPS) is 10.8. The van der Waals surface area contributed by atoms with Gasteiger partial charge in [-0.25, -0.2) is 18.7 Å². The van der Waals surface area contributed by atoms with Gasteiger partial charge in [-0.1, -0.05) is 13.8 Å². The number of aryl methyl sites for hydroxylation is 2. The van der Waals surface area contributed by atoms with Crippen LogP contribution in [0.2, 0.25) is 0 Å². The number of anilines is 1. The summed E-state index contributed by atoms with van der Waals surface area (Å²) in [4.78, 5) is 27.6. The van der Waals surface area contributed by atoms with Crippen molar-refractivity contribution in [1.29, 1.82) is 0 Å². The summed E-state index contributed by atoms with van der Waals surface area (Å²) in [6.45, 7) is 6.09. The third-order valence-electron chi connectivity index (χ3n) is 5.01. The summed E-state index contributed by atoms with van der Waals surface area (Å²) < 4.78 is 27.2. The minimum Gasteiger partial charge on any atom is -0.383 e. The van der Waals surface area contributed by atoms with Gasteiger partial charge in [-0.05, 0) is 48.9 Å². The van der Waals surface area contributed by atoms with Gasteiger partial charge in [0.1, 0.15) is 12.1 Å². The number of nitrogens with zero attached hydrogens (tertiary/aromatic N) is 6. The average molecular weight is 468 g/mol. The minimum atomic E-state index is -2.60. The number of benzene rings is 1. The number of carbonyl (C=O) groups excluding carboxylic acids is 1. The number of rotatable bonds is 6. The van der Waals surface area contributed by atoms with Gasteiger partial charge < -0.3 is 10.6 Å². The Morgan fingerprint density at radius 2 is 1.88 bits per heavy atom. The summed E-state index contributed by atoms with van der Waals surface area (Å²) >= 11 is 0. The molecule has 0 bridgehead atoms. The molecule has 0 atom stereocenters. The van der Waals surface area contributed by atoms with Crippen molar-refractivity contribution in [2.75, 3.05) is 5.73 Å². The van der Waals surface area contributed by atoms with E-state index in [1.165, 1.54) is 17.0 Å². The molecule has 4 aromatic rings. The Kier molecular flexibility index (Phi) is 7.83. The highest BCUT2D eigenvalue weighted by molar-refractivity contribution is 5.98. The van der Waals surface area contributed by atoms with Crippen molar-refractivity contribution in [3.05, 3.63) is 77.1 Å². The molecule has 3 aromatic heterocycles. The van der Waals surface area contributed by atoms with Crippen LogP contribution in [0.1, 0.15) is 53.3 Å². The smallest absolute Gasteiger partial charge is 0.265 e. The Labute approximate surface area is 196 Å². The van der Waals surface area contributed by atoms with E-state index >= 15 is 0 Å². The van der Waals surface area contributed by atoms with Crippen LogP contribution < -0.4 is 5.73 Å². The number of amides is 1. The highest BCUT2D eigenvalue weighted by Crippen LogP contribution is 2.22. The lowest BCUT2D eigenvalue weighted by Crippen LogP contribution is -2.31. The number of fused-ring (bicyclic) bond motifs is 1. The molecule has 0 spiro atoms. The maximum Gasteiger partial charge on any atom is 0.265 e. The number of pyridine rings is 2. The predicted octanol–water partition coefficient (Wildman–Crippen LogP) is 4.46. The van der Waals surface area contributed by atoms with E-state index in [0.717, 1.165) is 17.1 Å². The van der Waals surface area contributed by atoms with Crippen LogP contribution in [0.4, 0.5) is 14.6 Å². The summed E-state index contributed by atoms with van der Waals surface area (Å²) in [5.41, 5.74) is 8.14. The van der Waals surface area contributed by atoms with Crippen LogP contribution in [-0.4, -0.2) is 35.5 Å². The maximum absolute atomic E-state index is 13.4.